The van der Waals surface area contributed by atoms with E-state index in [0.29, 0.717) is 6.61 Å². The van der Waals surface area contributed by atoms with Crippen LogP contribution in [0.15, 0.2) is 72.8 Å². The molecule has 0 saturated carbocycles. The summed E-state index contributed by atoms with van der Waals surface area (Å²) in [6.07, 6.45) is 2.06. The van der Waals surface area contributed by atoms with Gasteiger partial charge in [0.25, 0.3) is 0 Å². The number of nitrogens with one attached hydrogen (secondary N) is 1. The van der Waals surface area contributed by atoms with Crippen molar-refractivity contribution in [2.24, 2.45) is 0 Å². The van der Waals surface area contributed by atoms with Crippen LogP contribution in [0.1, 0.15) is 23.1 Å². The lowest BCUT2D eigenvalue weighted by molar-refractivity contribution is 0.311. The molecule has 0 atom stereocenters. The Hall–Kier alpha value is -2.94. The molecule has 0 radical (unpaired) electrons. The largest absolute Gasteiger partial charge is 0.494 e. The van der Waals surface area contributed by atoms with Gasteiger partial charge in [0.15, 0.2) is 0 Å². The van der Waals surface area contributed by atoms with Gasteiger partial charge in [-0.1, -0.05) is 36.4 Å². The summed E-state index contributed by atoms with van der Waals surface area (Å²) in [5, 5.41) is 3.38. The fourth-order valence-electron chi connectivity index (χ4n) is 3.16. The second-order valence-electron chi connectivity index (χ2n) is 7.06. The van der Waals surface area contributed by atoms with Crippen LogP contribution in [0.25, 0.3) is 0 Å². The van der Waals surface area contributed by atoms with Gasteiger partial charge in [-0.3, -0.25) is 0 Å². The van der Waals surface area contributed by atoms with Crippen LogP contribution in [0, 0.1) is 13.8 Å². The predicted octanol–water partition coefficient (Wildman–Crippen LogP) is 5.81. The van der Waals surface area contributed by atoms with E-state index >= 15 is 0 Å². The summed E-state index contributed by atoms with van der Waals surface area (Å²) in [5.74, 6) is 1.84. The summed E-state index contributed by atoms with van der Waals surface area (Å²) < 4.78 is 11.7. The summed E-state index contributed by atoms with van der Waals surface area (Å²) in [5.41, 5.74) is 4.87. The Balaban J connectivity index is 1.33. The number of benzene rings is 3. The van der Waals surface area contributed by atoms with E-state index in [1.165, 1.54) is 16.7 Å². The van der Waals surface area contributed by atoms with E-state index in [9.17, 15) is 0 Å². The van der Waals surface area contributed by atoms with E-state index in [2.05, 4.69) is 61.6 Å². The Morgan fingerprint density at radius 1 is 0.714 bits per heavy atom. The highest BCUT2D eigenvalue weighted by Crippen LogP contribution is 2.17. The van der Waals surface area contributed by atoms with Crippen molar-refractivity contribution >= 4 is 5.69 Å². The number of ether oxygens (including phenoxy) is 2. The standard InChI is InChI=1S/C25H29NO2/c1-20-17-21(2)19-25(18-20)28-16-14-26-23-10-12-24(13-11-23)27-15-6-9-22-7-4-3-5-8-22/h3-5,7-8,10-13,17-19,26H,6,9,14-16H2,1-2H3. The van der Waals surface area contributed by atoms with E-state index < -0.39 is 0 Å². The molecule has 3 aromatic rings. The minimum Gasteiger partial charge on any atom is -0.494 e. The van der Waals surface area contributed by atoms with Crippen LogP contribution in [0.3, 0.4) is 0 Å². The van der Waals surface area contributed by atoms with E-state index in [1.807, 2.05) is 30.3 Å². The van der Waals surface area contributed by atoms with Crippen LogP contribution in [0.2, 0.25) is 0 Å². The molecule has 0 aromatic heterocycles. The summed E-state index contributed by atoms with van der Waals surface area (Å²) in [6, 6.07) is 24.9. The fraction of sp³-hybridized carbons (Fsp3) is 0.280. The molecule has 0 heterocycles. The first-order chi connectivity index (χ1) is 13.7. The molecule has 0 aliphatic rings. The van der Waals surface area contributed by atoms with Gasteiger partial charge in [-0.2, -0.15) is 0 Å². The normalized spacial score (nSPS) is 10.5. The van der Waals surface area contributed by atoms with Gasteiger partial charge in [-0.25, -0.2) is 0 Å². The maximum atomic E-state index is 5.84. The zero-order valence-electron chi connectivity index (χ0n) is 16.8. The fourth-order valence-corrected chi connectivity index (χ4v) is 3.16. The van der Waals surface area contributed by atoms with Crippen LogP contribution in [-0.2, 0) is 6.42 Å². The van der Waals surface area contributed by atoms with Gasteiger partial charge in [0.2, 0.25) is 0 Å². The van der Waals surface area contributed by atoms with E-state index in [1.54, 1.807) is 0 Å². The summed E-state index contributed by atoms with van der Waals surface area (Å²) in [4.78, 5) is 0. The zero-order valence-corrected chi connectivity index (χ0v) is 16.8. The Morgan fingerprint density at radius 3 is 2.11 bits per heavy atom. The minimum atomic E-state index is 0.626. The van der Waals surface area contributed by atoms with Gasteiger partial charge in [0, 0.05) is 12.2 Å². The molecule has 0 spiro atoms. The van der Waals surface area contributed by atoms with Gasteiger partial charge in [0.05, 0.1) is 6.61 Å². The Labute approximate surface area is 168 Å². The molecule has 0 unspecified atom stereocenters. The van der Waals surface area contributed by atoms with Crippen molar-refractivity contribution in [1.29, 1.82) is 0 Å². The molecule has 146 valence electrons. The van der Waals surface area contributed by atoms with Crippen LogP contribution in [-0.4, -0.2) is 19.8 Å². The molecule has 0 fully saturated rings. The lowest BCUT2D eigenvalue weighted by atomic mass is 10.1. The Bertz CT molecular complexity index is 824. The minimum absolute atomic E-state index is 0.626. The third-order valence-corrected chi connectivity index (χ3v) is 4.47. The number of aryl methyl sites for hydroxylation is 3. The average Bonchev–Trinajstić information content (AvgIpc) is 2.70. The summed E-state index contributed by atoms with van der Waals surface area (Å²) >= 11 is 0. The summed E-state index contributed by atoms with van der Waals surface area (Å²) in [6.45, 7) is 6.28. The number of anilines is 1. The van der Waals surface area contributed by atoms with Crippen molar-refractivity contribution in [1.82, 2.24) is 0 Å². The molecule has 3 rings (SSSR count). The predicted molar refractivity (Wildman–Crippen MR) is 117 cm³/mol. The van der Waals surface area contributed by atoms with Crippen molar-refractivity contribution in [3.05, 3.63) is 89.5 Å². The Morgan fingerprint density at radius 2 is 1.39 bits per heavy atom. The van der Waals surface area contributed by atoms with Crippen LogP contribution >= 0.6 is 0 Å². The monoisotopic (exact) mass is 375 g/mol. The number of rotatable bonds is 10. The SMILES string of the molecule is Cc1cc(C)cc(OCCNc2ccc(OCCCc3ccccc3)cc2)c1. The molecule has 28 heavy (non-hydrogen) atoms. The smallest absolute Gasteiger partial charge is 0.119 e. The highest BCUT2D eigenvalue weighted by Gasteiger charge is 1.99. The van der Waals surface area contributed by atoms with Crippen molar-refractivity contribution in [2.75, 3.05) is 25.1 Å². The van der Waals surface area contributed by atoms with Gasteiger partial charge in [-0.05, 0) is 79.8 Å². The second-order valence-corrected chi connectivity index (χ2v) is 7.06. The molecule has 3 heteroatoms. The van der Waals surface area contributed by atoms with Crippen molar-refractivity contribution in [2.45, 2.75) is 26.7 Å². The van der Waals surface area contributed by atoms with Crippen molar-refractivity contribution < 1.29 is 9.47 Å². The zero-order chi connectivity index (χ0) is 19.6. The van der Waals surface area contributed by atoms with E-state index in [-0.39, 0.29) is 0 Å². The van der Waals surface area contributed by atoms with Crippen LogP contribution in [0.4, 0.5) is 5.69 Å². The summed E-state index contributed by atoms with van der Waals surface area (Å²) in [7, 11) is 0. The molecular formula is C25H29NO2. The lowest BCUT2D eigenvalue weighted by Crippen LogP contribution is -2.11. The quantitative estimate of drug-likeness (QED) is 0.454. The molecule has 0 saturated heterocycles. The molecule has 1 N–H and O–H groups in total. The maximum absolute atomic E-state index is 5.84. The highest BCUT2D eigenvalue weighted by molar-refractivity contribution is 5.46. The second kappa shape index (κ2) is 10.4. The highest BCUT2D eigenvalue weighted by atomic mass is 16.5. The molecule has 3 aromatic carbocycles. The molecule has 0 bridgehead atoms. The first kappa shape index (κ1) is 19.8. The average molecular weight is 376 g/mol. The van der Waals surface area contributed by atoms with Gasteiger partial charge < -0.3 is 14.8 Å². The third-order valence-electron chi connectivity index (χ3n) is 4.47. The van der Waals surface area contributed by atoms with Crippen molar-refractivity contribution in [3.8, 4) is 11.5 Å². The molecule has 0 amide bonds. The van der Waals surface area contributed by atoms with E-state index in [0.717, 1.165) is 43.2 Å². The van der Waals surface area contributed by atoms with Gasteiger partial charge >= 0.3 is 0 Å². The molecule has 0 aliphatic heterocycles. The van der Waals surface area contributed by atoms with Gasteiger partial charge in [-0.15, -0.1) is 0 Å². The Kier molecular flexibility index (Phi) is 7.36. The third kappa shape index (κ3) is 6.66. The first-order valence-corrected chi connectivity index (χ1v) is 9.91. The van der Waals surface area contributed by atoms with Crippen LogP contribution < -0.4 is 14.8 Å². The first-order valence-electron chi connectivity index (χ1n) is 9.91. The van der Waals surface area contributed by atoms with Crippen LogP contribution in [0.5, 0.6) is 11.5 Å². The molecular weight excluding hydrogens is 346 g/mol. The topological polar surface area (TPSA) is 30.5 Å². The molecule has 0 aliphatic carbocycles. The maximum Gasteiger partial charge on any atom is 0.119 e. The van der Waals surface area contributed by atoms with E-state index in [4.69, 9.17) is 9.47 Å². The van der Waals surface area contributed by atoms with Crippen molar-refractivity contribution in [3.63, 3.8) is 0 Å². The molecule has 3 nitrogen and oxygen atoms in total. The number of hydrogen-bond donors (Lipinski definition) is 1. The van der Waals surface area contributed by atoms with Gasteiger partial charge in [0.1, 0.15) is 18.1 Å². The lowest BCUT2D eigenvalue weighted by Gasteiger charge is -2.11. The number of hydrogen-bond acceptors (Lipinski definition) is 3.